The van der Waals surface area contributed by atoms with E-state index in [0.29, 0.717) is 17.9 Å². The summed E-state index contributed by atoms with van der Waals surface area (Å²) in [4.78, 5) is 13.4. The van der Waals surface area contributed by atoms with E-state index in [0.717, 1.165) is 36.6 Å². The van der Waals surface area contributed by atoms with Crippen molar-refractivity contribution in [2.75, 3.05) is 5.73 Å². The van der Waals surface area contributed by atoms with Gasteiger partial charge in [0.1, 0.15) is 23.9 Å². The predicted octanol–water partition coefficient (Wildman–Crippen LogP) is 3.75. The maximum atomic E-state index is 10.8. The largest absolute Gasteiger partial charge is 0.390 e. The average Bonchev–Trinajstić information content (AvgIpc) is 3.29. The van der Waals surface area contributed by atoms with Crippen LogP contribution in [0.4, 0.5) is 5.82 Å². The highest BCUT2D eigenvalue weighted by Gasteiger charge is 2.42. The Morgan fingerprint density at radius 1 is 1.00 bits per heavy atom. The minimum Gasteiger partial charge on any atom is -0.390 e. The number of aliphatic hydroxyl groups is 2. The molecule has 0 spiro atoms. The third-order valence-corrected chi connectivity index (χ3v) is 7.88. The monoisotopic (exact) mass is 457 g/mol. The topological polar surface area (TPSA) is 110 Å². The third-order valence-electron chi connectivity index (χ3n) is 7.88. The zero-order valence-corrected chi connectivity index (χ0v) is 19.3. The number of hydrogen-bond acceptors (Lipinski definition) is 6. The van der Waals surface area contributed by atoms with E-state index >= 15 is 0 Å². The number of anilines is 1. The molecular formula is C27H31N5O2. The number of aliphatic hydroxyl groups excluding tert-OH is 2. The highest BCUT2D eigenvalue weighted by atomic mass is 16.3. The standard InChI is InChI=1S/C27H31N5O2/c28-26-20-10-11-32(27(20)30-15-29-26)23-14-19(24(33)25(23)34)9-7-16-6-8-18-13-17-4-2-1-3-5-21(17)31-22(18)12-16/h6,8,10-13,15,19,23-25,33-34H,1-5,7,9,14H2,(H2,28,29,30)/t19-,23+,24+,25-/m0/s1. The fourth-order valence-electron chi connectivity index (χ4n) is 5.94. The van der Waals surface area contributed by atoms with Gasteiger partial charge in [0.15, 0.2) is 0 Å². The van der Waals surface area contributed by atoms with Crippen molar-refractivity contribution in [3.63, 3.8) is 0 Å². The predicted molar refractivity (Wildman–Crippen MR) is 132 cm³/mol. The molecule has 0 radical (unpaired) electrons. The van der Waals surface area contributed by atoms with Gasteiger partial charge in [0.25, 0.3) is 0 Å². The number of aromatic nitrogens is 4. The summed E-state index contributed by atoms with van der Waals surface area (Å²) in [6.07, 6.45) is 10.0. The molecule has 7 nitrogen and oxygen atoms in total. The van der Waals surface area contributed by atoms with Gasteiger partial charge < -0.3 is 20.5 Å². The smallest absolute Gasteiger partial charge is 0.145 e. The highest BCUT2D eigenvalue weighted by Crippen LogP contribution is 2.39. The van der Waals surface area contributed by atoms with Crippen LogP contribution in [0.1, 0.15) is 55.0 Å². The van der Waals surface area contributed by atoms with Crippen molar-refractivity contribution in [2.24, 2.45) is 5.92 Å². The minimum atomic E-state index is -0.842. The van der Waals surface area contributed by atoms with E-state index in [9.17, 15) is 10.2 Å². The summed E-state index contributed by atoms with van der Waals surface area (Å²) in [5.41, 5.74) is 11.6. The Kier molecular flexibility index (Phi) is 5.46. The van der Waals surface area contributed by atoms with Crippen molar-refractivity contribution in [3.05, 3.63) is 59.7 Å². The van der Waals surface area contributed by atoms with Crippen LogP contribution in [0, 0.1) is 5.92 Å². The zero-order chi connectivity index (χ0) is 23.2. The van der Waals surface area contributed by atoms with Crippen molar-refractivity contribution in [1.82, 2.24) is 19.5 Å². The van der Waals surface area contributed by atoms with Gasteiger partial charge in [0, 0.05) is 17.3 Å². The molecule has 0 bridgehead atoms. The highest BCUT2D eigenvalue weighted by molar-refractivity contribution is 5.86. The maximum absolute atomic E-state index is 10.8. The van der Waals surface area contributed by atoms with Crippen molar-refractivity contribution >= 4 is 27.8 Å². The second-order valence-corrected chi connectivity index (χ2v) is 9.98. The lowest BCUT2D eigenvalue weighted by Crippen LogP contribution is -2.29. The Balaban J connectivity index is 1.19. The number of hydrogen-bond donors (Lipinski definition) is 3. The lowest BCUT2D eigenvalue weighted by atomic mass is 9.95. The van der Waals surface area contributed by atoms with Crippen molar-refractivity contribution in [2.45, 2.75) is 69.6 Å². The first kappa shape index (κ1) is 21.5. The summed E-state index contributed by atoms with van der Waals surface area (Å²) in [6, 6.07) is 10.5. The number of aryl methyl sites for hydroxylation is 3. The fourth-order valence-corrected chi connectivity index (χ4v) is 5.94. The quantitative estimate of drug-likeness (QED) is 0.403. The third kappa shape index (κ3) is 3.73. The van der Waals surface area contributed by atoms with Gasteiger partial charge in [0.05, 0.1) is 23.0 Å². The first-order valence-corrected chi connectivity index (χ1v) is 12.4. The molecule has 3 aromatic heterocycles. The number of nitrogens with zero attached hydrogens (tertiary/aromatic N) is 4. The molecule has 1 fully saturated rings. The molecule has 7 heteroatoms. The normalized spacial score (nSPS) is 25.0. The Morgan fingerprint density at radius 3 is 2.79 bits per heavy atom. The Hall–Kier alpha value is -3.03. The van der Waals surface area contributed by atoms with Crippen LogP contribution in [0.15, 0.2) is 42.9 Å². The molecule has 0 aliphatic heterocycles. The van der Waals surface area contributed by atoms with Gasteiger partial charge in [-0.1, -0.05) is 18.6 Å². The molecule has 34 heavy (non-hydrogen) atoms. The van der Waals surface area contributed by atoms with Gasteiger partial charge in [-0.15, -0.1) is 0 Å². The summed E-state index contributed by atoms with van der Waals surface area (Å²) in [5.74, 6) is 0.433. The molecule has 0 unspecified atom stereocenters. The van der Waals surface area contributed by atoms with Crippen LogP contribution >= 0.6 is 0 Å². The molecule has 0 saturated heterocycles. The summed E-state index contributed by atoms with van der Waals surface area (Å²) >= 11 is 0. The Bertz CT molecular complexity index is 1350. The molecule has 2 aliphatic carbocycles. The van der Waals surface area contributed by atoms with E-state index < -0.39 is 12.2 Å². The van der Waals surface area contributed by atoms with E-state index in [1.165, 1.54) is 47.8 Å². The van der Waals surface area contributed by atoms with Crippen LogP contribution in [0.5, 0.6) is 0 Å². The number of nitrogen functional groups attached to an aromatic ring is 1. The lowest BCUT2D eigenvalue weighted by Gasteiger charge is -2.19. The molecule has 176 valence electrons. The Labute approximate surface area is 198 Å². The lowest BCUT2D eigenvalue weighted by molar-refractivity contribution is 0.00545. The number of pyridine rings is 1. The molecule has 6 rings (SSSR count). The summed E-state index contributed by atoms with van der Waals surface area (Å²) < 4.78 is 1.94. The van der Waals surface area contributed by atoms with Crippen LogP contribution in [-0.4, -0.2) is 41.9 Å². The van der Waals surface area contributed by atoms with Crippen molar-refractivity contribution in [1.29, 1.82) is 0 Å². The number of benzene rings is 1. The molecule has 4 aromatic rings. The van der Waals surface area contributed by atoms with Gasteiger partial charge in [0.2, 0.25) is 0 Å². The first-order valence-electron chi connectivity index (χ1n) is 12.4. The molecule has 4 N–H and O–H groups in total. The van der Waals surface area contributed by atoms with Gasteiger partial charge in [-0.05, 0) is 80.2 Å². The van der Waals surface area contributed by atoms with Crippen molar-refractivity contribution < 1.29 is 10.2 Å². The fraction of sp³-hybridized carbons (Fsp3) is 0.444. The molecular weight excluding hydrogens is 426 g/mol. The number of fused-ring (bicyclic) bond motifs is 3. The van der Waals surface area contributed by atoms with E-state index in [2.05, 4.69) is 34.2 Å². The Morgan fingerprint density at radius 2 is 1.88 bits per heavy atom. The maximum Gasteiger partial charge on any atom is 0.145 e. The number of nitrogens with two attached hydrogens (primary N) is 1. The summed E-state index contributed by atoms with van der Waals surface area (Å²) in [6.45, 7) is 0. The van der Waals surface area contributed by atoms with E-state index in [-0.39, 0.29) is 12.0 Å². The van der Waals surface area contributed by atoms with Crippen LogP contribution in [-0.2, 0) is 19.3 Å². The van der Waals surface area contributed by atoms with E-state index in [4.69, 9.17) is 10.7 Å². The first-order chi connectivity index (χ1) is 16.6. The SMILES string of the molecule is Nc1ncnc2c1ccn2[C@@H]1C[C@H](CCc2ccc3cc4c(nc3c2)CCCCC4)[C@@H](O)[C@H]1O. The van der Waals surface area contributed by atoms with Gasteiger partial charge in [-0.25, -0.2) is 9.97 Å². The van der Waals surface area contributed by atoms with E-state index in [1.807, 2.05) is 16.8 Å². The molecule has 0 amide bonds. The molecule has 4 atom stereocenters. The molecule has 1 saturated carbocycles. The van der Waals surface area contributed by atoms with Gasteiger partial charge in [-0.2, -0.15) is 0 Å². The second kappa shape index (κ2) is 8.64. The summed E-state index contributed by atoms with van der Waals surface area (Å²) in [7, 11) is 0. The van der Waals surface area contributed by atoms with Crippen molar-refractivity contribution in [3.8, 4) is 0 Å². The van der Waals surface area contributed by atoms with Gasteiger partial charge in [-0.3, -0.25) is 4.98 Å². The summed E-state index contributed by atoms with van der Waals surface area (Å²) in [5, 5.41) is 23.7. The average molecular weight is 458 g/mol. The van der Waals surface area contributed by atoms with Crippen LogP contribution in [0.2, 0.25) is 0 Å². The number of rotatable bonds is 4. The van der Waals surface area contributed by atoms with Crippen LogP contribution in [0.25, 0.3) is 21.9 Å². The van der Waals surface area contributed by atoms with E-state index in [1.54, 1.807) is 0 Å². The van der Waals surface area contributed by atoms with Gasteiger partial charge >= 0.3 is 0 Å². The molecule has 2 aliphatic rings. The second-order valence-electron chi connectivity index (χ2n) is 9.98. The molecule has 3 heterocycles. The molecule has 1 aromatic carbocycles. The zero-order valence-electron chi connectivity index (χ0n) is 19.3. The minimum absolute atomic E-state index is 0.00679. The van der Waals surface area contributed by atoms with Crippen LogP contribution in [0.3, 0.4) is 0 Å². The van der Waals surface area contributed by atoms with Crippen LogP contribution < -0.4 is 5.73 Å².